The van der Waals surface area contributed by atoms with E-state index >= 15 is 0 Å². The van der Waals surface area contributed by atoms with Crippen LogP contribution in [0.25, 0.3) is 27.7 Å². The lowest BCUT2D eigenvalue weighted by Gasteiger charge is -2.09. The molecular formula is C26H23N5OS. The minimum atomic E-state index is 0.842. The second kappa shape index (κ2) is 8.88. The smallest absolute Gasteiger partial charge is 0.205 e. The van der Waals surface area contributed by atoms with Gasteiger partial charge in [0.25, 0.3) is 0 Å². The van der Waals surface area contributed by atoms with E-state index < -0.39 is 0 Å². The summed E-state index contributed by atoms with van der Waals surface area (Å²) in [6.07, 6.45) is 5.49. The molecule has 5 rings (SSSR count). The molecule has 0 N–H and O–H groups in total. The number of benzene rings is 3. The molecule has 0 atom stereocenters. The van der Waals surface area contributed by atoms with Crippen LogP contribution in [0.5, 0.6) is 5.75 Å². The first-order valence-corrected chi connectivity index (χ1v) is 11.4. The Morgan fingerprint density at radius 2 is 1.79 bits per heavy atom. The maximum Gasteiger partial charge on any atom is 0.205 e. The highest BCUT2D eigenvalue weighted by Gasteiger charge is 2.10. The summed E-state index contributed by atoms with van der Waals surface area (Å²) in [6.45, 7) is 2.02. The lowest BCUT2D eigenvalue weighted by Crippen LogP contribution is -2.13. The minimum absolute atomic E-state index is 0.842. The molecule has 7 heteroatoms. The Kier molecular flexibility index (Phi) is 5.62. The van der Waals surface area contributed by atoms with Gasteiger partial charge in [-0.05, 0) is 53.6 Å². The predicted octanol–water partition coefficient (Wildman–Crippen LogP) is 5.37. The van der Waals surface area contributed by atoms with E-state index in [9.17, 15) is 0 Å². The van der Waals surface area contributed by atoms with Gasteiger partial charge >= 0.3 is 0 Å². The van der Waals surface area contributed by atoms with Crippen LogP contribution in [0.1, 0.15) is 12.5 Å². The zero-order valence-electron chi connectivity index (χ0n) is 18.6. The van der Waals surface area contributed by atoms with E-state index in [1.807, 2.05) is 34.5 Å². The molecule has 0 radical (unpaired) electrons. The van der Waals surface area contributed by atoms with Crippen LogP contribution in [0.3, 0.4) is 0 Å². The van der Waals surface area contributed by atoms with Crippen molar-refractivity contribution >= 4 is 27.8 Å². The monoisotopic (exact) mass is 453 g/mol. The van der Waals surface area contributed by atoms with E-state index in [0.717, 1.165) is 49.5 Å². The van der Waals surface area contributed by atoms with Crippen molar-refractivity contribution in [2.24, 2.45) is 10.1 Å². The number of ether oxygens (including phenoxy) is 1. The highest BCUT2D eigenvalue weighted by molar-refractivity contribution is 7.07. The number of hydrogen-bond donors (Lipinski definition) is 0. The van der Waals surface area contributed by atoms with Gasteiger partial charge in [0.15, 0.2) is 0 Å². The molecule has 0 unspecified atom stereocenters. The Hall–Kier alpha value is -3.97. The first-order valence-electron chi connectivity index (χ1n) is 10.5. The Morgan fingerprint density at radius 3 is 2.52 bits per heavy atom. The second-order valence-corrected chi connectivity index (χ2v) is 8.41. The average molecular weight is 454 g/mol. The standard InChI is InChI=1S/C26H23N5OS/c1-18(19-6-9-23(10-7-19)30-13-12-28-17-30)29-31-25(16-33-26(31)27-2)22-5-4-21-15-24(32-3)11-8-20(21)14-22/h4-17H,1-3H3. The maximum atomic E-state index is 5.35. The molecule has 0 fully saturated rings. The topological polar surface area (TPSA) is 56.7 Å². The van der Waals surface area contributed by atoms with Gasteiger partial charge in [-0.2, -0.15) is 5.10 Å². The maximum absolute atomic E-state index is 5.35. The lowest BCUT2D eigenvalue weighted by atomic mass is 10.1. The van der Waals surface area contributed by atoms with Crippen molar-refractivity contribution in [3.05, 3.63) is 95.1 Å². The molecule has 2 heterocycles. The molecule has 3 aromatic carbocycles. The van der Waals surface area contributed by atoms with Gasteiger partial charge in [-0.15, -0.1) is 11.3 Å². The summed E-state index contributed by atoms with van der Waals surface area (Å²) in [5.74, 6) is 0.854. The number of thiazole rings is 1. The van der Waals surface area contributed by atoms with Crippen LogP contribution in [0.4, 0.5) is 0 Å². The third-order valence-electron chi connectivity index (χ3n) is 5.56. The number of methoxy groups -OCH3 is 1. The van der Waals surface area contributed by atoms with Crippen LogP contribution in [-0.4, -0.2) is 34.1 Å². The van der Waals surface area contributed by atoms with E-state index in [-0.39, 0.29) is 0 Å². The van der Waals surface area contributed by atoms with Gasteiger partial charge < -0.3 is 9.30 Å². The summed E-state index contributed by atoms with van der Waals surface area (Å²) in [6, 6.07) is 20.8. The Balaban J connectivity index is 1.53. The van der Waals surface area contributed by atoms with Crippen molar-refractivity contribution in [2.75, 3.05) is 14.2 Å². The highest BCUT2D eigenvalue weighted by atomic mass is 32.1. The van der Waals surface area contributed by atoms with Crippen LogP contribution >= 0.6 is 11.3 Å². The molecule has 0 bridgehead atoms. The molecule has 0 aliphatic carbocycles. The molecule has 33 heavy (non-hydrogen) atoms. The van der Waals surface area contributed by atoms with Crippen LogP contribution in [-0.2, 0) is 0 Å². The average Bonchev–Trinajstić information content (AvgIpc) is 3.54. The molecule has 164 valence electrons. The minimum Gasteiger partial charge on any atom is -0.497 e. The van der Waals surface area contributed by atoms with Gasteiger partial charge in [-0.25, -0.2) is 9.66 Å². The first kappa shape index (κ1) is 20.9. The number of fused-ring (bicyclic) bond motifs is 1. The molecule has 0 aliphatic heterocycles. The normalized spacial score (nSPS) is 12.5. The molecule has 0 saturated carbocycles. The van der Waals surface area contributed by atoms with Crippen molar-refractivity contribution in [2.45, 2.75) is 6.92 Å². The SMILES string of the molecule is CN=c1scc(-c2ccc3cc(OC)ccc3c2)n1N=C(C)c1ccc(-n2ccnc2)cc1. The number of imidazole rings is 1. The third kappa shape index (κ3) is 4.10. The summed E-state index contributed by atoms with van der Waals surface area (Å²) in [7, 11) is 3.48. The zero-order chi connectivity index (χ0) is 22.8. The van der Waals surface area contributed by atoms with Crippen LogP contribution in [0, 0.1) is 0 Å². The van der Waals surface area contributed by atoms with Gasteiger partial charge in [0.1, 0.15) is 5.75 Å². The number of rotatable bonds is 5. The quantitative estimate of drug-likeness (QED) is 0.336. The number of hydrogen-bond acceptors (Lipinski definition) is 5. The molecule has 0 saturated heterocycles. The molecule has 2 aromatic heterocycles. The van der Waals surface area contributed by atoms with E-state index in [4.69, 9.17) is 9.84 Å². The van der Waals surface area contributed by atoms with E-state index in [0.29, 0.717) is 0 Å². The van der Waals surface area contributed by atoms with Crippen molar-refractivity contribution in [1.82, 2.24) is 14.2 Å². The van der Waals surface area contributed by atoms with Crippen molar-refractivity contribution in [3.8, 4) is 22.7 Å². The lowest BCUT2D eigenvalue weighted by molar-refractivity contribution is 0.415. The van der Waals surface area contributed by atoms with Crippen molar-refractivity contribution < 1.29 is 4.74 Å². The summed E-state index contributed by atoms with van der Waals surface area (Å²) >= 11 is 1.58. The fourth-order valence-electron chi connectivity index (χ4n) is 3.75. The summed E-state index contributed by atoms with van der Waals surface area (Å²) in [4.78, 5) is 9.40. The van der Waals surface area contributed by atoms with Gasteiger partial charge in [0.05, 0.1) is 24.8 Å². The van der Waals surface area contributed by atoms with Crippen LogP contribution in [0.15, 0.2) is 94.9 Å². The van der Waals surface area contributed by atoms with Crippen LogP contribution in [0.2, 0.25) is 0 Å². The van der Waals surface area contributed by atoms with E-state index in [1.165, 1.54) is 0 Å². The fraction of sp³-hybridized carbons (Fsp3) is 0.115. The molecule has 0 spiro atoms. The fourth-order valence-corrected chi connectivity index (χ4v) is 4.55. The van der Waals surface area contributed by atoms with Gasteiger partial charge in [-0.3, -0.25) is 4.99 Å². The van der Waals surface area contributed by atoms with Gasteiger partial charge in [0, 0.05) is 36.1 Å². The largest absolute Gasteiger partial charge is 0.497 e. The van der Waals surface area contributed by atoms with Gasteiger partial charge in [-0.1, -0.05) is 30.3 Å². The molecule has 0 aliphatic rings. The summed E-state index contributed by atoms with van der Waals surface area (Å²) in [5.41, 5.74) is 5.12. The molecule has 6 nitrogen and oxygen atoms in total. The van der Waals surface area contributed by atoms with Crippen LogP contribution < -0.4 is 9.54 Å². The predicted molar refractivity (Wildman–Crippen MR) is 134 cm³/mol. The molecular weight excluding hydrogens is 430 g/mol. The first-order chi connectivity index (χ1) is 16.2. The van der Waals surface area contributed by atoms with Gasteiger partial charge in [0.2, 0.25) is 4.80 Å². The Morgan fingerprint density at radius 1 is 1.00 bits per heavy atom. The summed E-state index contributed by atoms with van der Waals surface area (Å²) in [5, 5.41) is 9.34. The Labute approximate surface area is 195 Å². The van der Waals surface area contributed by atoms with E-state index in [2.05, 4.69) is 63.9 Å². The number of nitrogens with zero attached hydrogens (tertiary/aromatic N) is 5. The molecule has 5 aromatic rings. The highest BCUT2D eigenvalue weighted by Crippen LogP contribution is 2.27. The van der Waals surface area contributed by atoms with E-state index in [1.54, 1.807) is 38.0 Å². The third-order valence-corrected chi connectivity index (χ3v) is 6.46. The Bertz CT molecular complexity index is 1510. The van der Waals surface area contributed by atoms with Crippen molar-refractivity contribution in [3.63, 3.8) is 0 Å². The molecule has 0 amide bonds. The number of aromatic nitrogens is 3. The summed E-state index contributed by atoms with van der Waals surface area (Å²) < 4.78 is 9.25. The van der Waals surface area contributed by atoms with Crippen molar-refractivity contribution in [1.29, 1.82) is 0 Å². The zero-order valence-corrected chi connectivity index (χ0v) is 19.5. The second-order valence-electron chi connectivity index (χ2n) is 7.57.